The molecule has 0 fully saturated rings. The van der Waals surface area contributed by atoms with Gasteiger partial charge in [0.1, 0.15) is 5.75 Å². The second-order valence-corrected chi connectivity index (χ2v) is 5.09. The third-order valence-corrected chi connectivity index (χ3v) is 3.12. The maximum atomic E-state index is 12.0. The zero-order chi connectivity index (χ0) is 17.4. The lowest BCUT2D eigenvalue weighted by Crippen LogP contribution is -2.22. The summed E-state index contributed by atoms with van der Waals surface area (Å²) in [6.07, 6.45) is 0. The largest absolute Gasteiger partial charge is 0.492 e. The van der Waals surface area contributed by atoms with Gasteiger partial charge in [0, 0.05) is 18.3 Å². The van der Waals surface area contributed by atoms with E-state index in [9.17, 15) is 9.59 Å². The van der Waals surface area contributed by atoms with Crippen molar-refractivity contribution in [3.05, 3.63) is 48.5 Å². The molecule has 0 unspecified atom stereocenters. The van der Waals surface area contributed by atoms with Gasteiger partial charge in [-0.2, -0.15) is 0 Å². The van der Waals surface area contributed by atoms with E-state index in [4.69, 9.17) is 4.74 Å². The molecule has 0 radical (unpaired) electrons. The second-order valence-electron chi connectivity index (χ2n) is 5.09. The van der Waals surface area contributed by atoms with E-state index in [1.165, 1.54) is 6.92 Å². The van der Waals surface area contributed by atoms with E-state index in [0.29, 0.717) is 23.7 Å². The topological polar surface area (TPSA) is 79.5 Å². The van der Waals surface area contributed by atoms with Gasteiger partial charge in [-0.15, -0.1) is 0 Å². The van der Waals surface area contributed by atoms with Gasteiger partial charge in [-0.1, -0.05) is 12.1 Å². The van der Waals surface area contributed by atoms with Crippen LogP contribution in [0.4, 0.5) is 17.1 Å². The zero-order valence-corrected chi connectivity index (χ0v) is 13.8. The van der Waals surface area contributed by atoms with Crippen molar-refractivity contribution < 1.29 is 14.3 Å². The summed E-state index contributed by atoms with van der Waals surface area (Å²) in [6, 6.07) is 14.4. The van der Waals surface area contributed by atoms with Gasteiger partial charge >= 0.3 is 0 Å². The van der Waals surface area contributed by atoms with E-state index < -0.39 is 0 Å². The van der Waals surface area contributed by atoms with E-state index in [-0.39, 0.29) is 18.4 Å². The SMILES string of the molecule is CCOc1ccccc1NCC(=O)Nc1ccc(NC(C)=O)cc1. The zero-order valence-electron chi connectivity index (χ0n) is 13.8. The average molecular weight is 327 g/mol. The maximum absolute atomic E-state index is 12.0. The van der Waals surface area contributed by atoms with Crippen LogP contribution in [0.2, 0.25) is 0 Å². The molecule has 2 aromatic rings. The third kappa shape index (κ3) is 5.31. The minimum absolute atomic E-state index is 0.123. The molecule has 6 nitrogen and oxygen atoms in total. The molecule has 3 N–H and O–H groups in total. The Kier molecular flexibility index (Phi) is 6.19. The highest BCUT2D eigenvalue weighted by Gasteiger charge is 2.06. The van der Waals surface area contributed by atoms with E-state index in [0.717, 1.165) is 5.69 Å². The highest BCUT2D eigenvalue weighted by atomic mass is 16.5. The number of amides is 2. The Hall–Kier alpha value is -3.02. The highest BCUT2D eigenvalue weighted by Crippen LogP contribution is 2.23. The summed E-state index contributed by atoms with van der Waals surface area (Å²) in [5.74, 6) is 0.407. The summed E-state index contributed by atoms with van der Waals surface area (Å²) in [6.45, 7) is 4.04. The molecule has 0 saturated carbocycles. The number of hydrogen-bond acceptors (Lipinski definition) is 4. The molecule has 2 rings (SSSR count). The molecule has 0 aliphatic carbocycles. The lowest BCUT2D eigenvalue weighted by molar-refractivity contribution is -0.115. The molecule has 24 heavy (non-hydrogen) atoms. The van der Waals surface area contributed by atoms with E-state index in [2.05, 4.69) is 16.0 Å². The minimum atomic E-state index is -0.173. The first-order valence-electron chi connectivity index (χ1n) is 7.71. The third-order valence-electron chi connectivity index (χ3n) is 3.12. The summed E-state index contributed by atoms with van der Waals surface area (Å²) < 4.78 is 5.50. The van der Waals surface area contributed by atoms with Gasteiger partial charge < -0.3 is 20.7 Å². The quantitative estimate of drug-likeness (QED) is 0.730. The first-order chi connectivity index (χ1) is 11.6. The molecule has 2 aromatic carbocycles. The number of ether oxygens (including phenoxy) is 1. The van der Waals surface area contributed by atoms with Gasteiger partial charge in [-0.05, 0) is 43.3 Å². The predicted molar refractivity (Wildman–Crippen MR) is 95.5 cm³/mol. The minimum Gasteiger partial charge on any atom is -0.492 e. The van der Waals surface area contributed by atoms with Crippen molar-refractivity contribution in [2.75, 3.05) is 29.1 Å². The monoisotopic (exact) mass is 327 g/mol. The number of para-hydroxylation sites is 2. The van der Waals surface area contributed by atoms with E-state index in [1.807, 2.05) is 31.2 Å². The molecular weight excluding hydrogens is 306 g/mol. The molecule has 126 valence electrons. The Morgan fingerprint density at radius 2 is 1.58 bits per heavy atom. The Labute approximate surface area is 141 Å². The fraction of sp³-hybridized carbons (Fsp3) is 0.222. The lowest BCUT2D eigenvalue weighted by atomic mass is 10.2. The molecular formula is C18H21N3O3. The smallest absolute Gasteiger partial charge is 0.243 e. The summed E-state index contributed by atoms with van der Waals surface area (Å²) in [7, 11) is 0. The Balaban J connectivity index is 1.88. The number of carbonyl (C=O) groups is 2. The van der Waals surface area contributed by atoms with Crippen LogP contribution in [0.5, 0.6) is 5.75 Å². The van der Waals surface area contributed by atoms with Crippen LogP contribution in [0.1, 0.15) is 13.8 Å². The standard InChI is InChI=1S/C18H21N3O3/c1-3-24-17-7-5-4-6-16(17)19-12-18(23)21-15-10-8-14(9-11-15)20-13(2)22/h4-11,19H,3,12H2,1-2H3,(H,20,22)(H,21,23). The van der Waals surface area contributed by atoms with Gasteiger partial charge in [-0.3, -0.25) is 9.59 Å². The van der Waals surface area contributed by atoms with Gasteiger partial charge in [0.25, 0.3) is 0 Å². The average Bonchev–Trinajstić information content (AvgIpc) is 2.56. The van der Waals surface area contributed by atoms with Crippen LogP contribution in [0, 0.1) is 0 Å². The van der Waals surface area contributed by atoms with Crippen LogP contribution < -0.4 is 20.7 Å². The molecule has 0 bridgehead atoms. The molecule has 0 aromatic heterocycles. The Bertz CT molecular complexity index is 699. The molecule has 6 heteroatoms. The first-order valence-corrected chi connectivity index (χ1v) is 7.71. The number of carbonyl (C=O) groups excluding carboxylic acids is 2. The van der Waals surface area contributed by atoms with Crippen molar-refractivity contribution in [1.82, 2.24) is 0 Å². The predicted octanol–water partition coefficient (Wildman–Crippen LogP) is 3.09. The first kappa shape index (κ1) is 17.3. The Morgan fingerprint density at radius 1 is 0.958 bits per heavy atom. The van der Waals surface area contributed by atoms with Crippen molar-refractivity contribution in [1.29, 1.82) is 0 Å². The van der Waals surface area contributed by atoms with Crippen LogP contribution in [0.25, 0.3) is 0 Å². The van der Waals surface area contributed by atoms with Crippen molar-refractivity contribution in [2.45, 2.75) is 13.8 Å². The highest BCUT2D eigenvalue weighted by molar-refractivity contribution is 5.94. The number of rotatable bonds is 7. The van der Waals surface area contributed by atoms with Gasteiger partial charge in [0.05, 0.1) is 18.8 Å². The van der Waals surface area contributed by atoms with Crippen LogP contribution in [-0.4, -0.2) is 25.0 Å². The molecule has 0 aliphatic heterocycles. The van der Waals surface area contributed by atoms with Gasteiger partial charge in [0.2, 0.25) is 11.8 Å². The molecule has 2 amide bonds. The maximum Gasteiger partial charge on any atom is 0.243 e. The van der Waals surface area contributed by atoms with Crippen LogP contribution in [0.15, 0.2) is 48.5 Å². The molecule has 0 saturated heterocycles. The van der Waals surface area contributed by atoms with Crippen molar-refractivity contribution in [3.63, 3.8) is 0 Å². The summed E-state index contributed by atoms with van der Waals surface area (Å²) in [5.41, 5.74) is 2.12. The van der Waals surface area contributed by atoms with Crippen molar-refractivity contribution in [2.24, 2.45) is 0 Å². The lowest BCUT2D eigenvalue weighted by Gasteiger charge is -2.12. The summed E-state index contributed by atoms with van der Waals surface area (Å²) in [4.78, 5) is 23.0. The number of nitrogens with one attached hydrogen (secondary N) is 3. The fourth-order valence-corrected chi connectivity index (χ4v) is 2.11. The van der Waals surface area contributed by atoms with Gasteiger partial charge in [0.15, 0.2) is 0 Å². The van der Waals surface area contributed by atoms with Crippen LogP contribution in [0.3, 0.4) is 0 Å². The number of hydrogen-bond donors (Lipinski definition) is 3. The van der Waals surface area contributed by atoms with E-state index >= 15 is 0 Å². The number of benzene rings is 2. The molecule has 0 spiro atoms. The molecule has 0 aliphatic rings. The van der Waals surface area contributed by atoms with Crippen molar-refractivity contribution in [3.8, 4) is 5.75 Å². The normalized spacial score (nSPS) is 9.92. The fourth-order valence-electron chi connectivity index (χ4n) is 2.11. The summed E-state index contributed by atoms with van der Waals surface area (Å²) >= 11 is 0. The van der Waals surface area contributed by atoms with Crippen LogP contribution >= 0.6 is 0 Å². The summed E-state index contributed by atoms with van der Waals surface area (Å²) in [5, 5.41) is 8.52. The van der Waals surface area contributed by atoms with Crippen molar-refractivity contribution >= 4 is 28.9 Å². The number of anilines is 3. The Morgan fingerprint density at radius 3 is 2.21 bits per heavy atom. The second kappa shape index (κ2) is 8.57. The van der Waals surface area contributed by atoms with E-state index in [1.54, 1.807) is 24.3 Å². The van der Waals surface area contributed by atoms with Crippen LogP contribution in [-0.2, 0) is 9.59 Å². The molecule has 0 heterocycles. The molecule has 0 atom stereocenters. The van der Waals surface area contributed by atoms with Gasteiger partial charge in [-0.25, -0.2) is 0 Å².